The Morgan fingerprint density at radius 3 is 2.76 bits per heavy atom. The molecule has 0 aliphatic carbocycles. The molecule has 84 valence electrons. The third-order valence-corrected chi connectivity index (χ3v) is 2.92. The molecule has 0 aliphatic rings. The van der Waals surface area contributed by atoms with Crippen molar-refractivity contribution < 1.29 is 0 Å². The number of hydrogen-bond donors (Lipinski definition) is 1. The molecular formula is C15H14N2. The zero-order chi connectivity index (χ0) is 12.4. The molecule has 0 saturated carbocycles. The highest BCUT2D eigenvalue weighted by Gasteiger charge is 2.07. The van der Waals surface area contributed by atoms with E-state index in [4.69, 9.17) is 5.26 Å². The maximum Gasteiger partial charge on any atom is 0.0992 e. The van der Waals surface area contributed by atoms with E-state index < -0.39 is 0 Å². The lowest BCUT2D eigenvalue weighted by Gasteiger charge is -1.97. The molecule has 0 saturated heterocycles. The highest BCUT2D eigenvalue weighted by atomic mass is 14.7. The molecule has 0 aliphatic heterocycles. The van der Waals surface area contributed by atoms with Crippen LogP contribution < -0.4 is 0 Å². The lowest BCUT2D eigenvalue weighted by Crippen LogP contribution is -1.83. The topological polar surface area (TPSA) is 39.6 Å². The van der Waals surface area contributed by atoms with Gasteiger partial charge in [-0.3, -0.25) is 0 Å². The summed E-state index contributed by atoms with van der Waals surface area (Å²) in [5, 5.41) is 9.94. The number of aromatic amines is 1. The second-order valence-electron chi connectivity index (χ2n) is 4.03. The van der Waals surface area contributed by atoms with E-state index in [1.165, 1.54) is 5.56 Å². The van der Waals surface area contributed by atoms with Gasteiger partial charge in [0.05, 0.1) is 11.6 Å². The van der Waals surface area contributed by atoms with Gasteiger partial charge in [-0.25, -0.2) is 0 Å². The van der Waals surface area contributed by atoms with E-state index in [-0.39, 0.29) is 0 Å². The number of aromatic nitrogens is 1. The van der Waals surface area contributed by atoms with Crippen molar-refractivity contribution in [3.05, 3.63) is 54.3 Å². The smallest absolute Gasteiger partial charge is 0.0992 e. The molecule has 1 heterocycles. The van der Waals surface area contributed by atoms with Crippen LogP contribution >= 0.6 is 0 Å². The molecule has 0 bridgehead atoms. The van der Waals surface area contributed by atoms with Gasteiger partial charge < -0.3 is 4.98 Å². The van der Waals surface area contributed by atoms with Gasteiger partial charge in [-0.15, -0.1) is 0 Å². The Balaban J connectivity index is 2.49. The summed E-state index contributed by atoms with van der Waals surface area (Å²) >= 11 is 0. The fraction of sp³-hybridized carbons (Fsp3) is 0.133. The summed E-state index contributed by atoms with van der Waals surface area (Å²) in [7, 11) is 0. The second kappa shape index (κ2) is 4.31. The molecule has 0 radical (unpaired) electrons. The largest absolute Gasteiger partial charge is 0.355 e. The molecule has 1 aromatic heterocycles. The SMILES string of the molecule is C=C(C#N)C(=C)c1cc2cc(CC)ccc2[nH]1. The lowest BCUT2D eigenvalue weighted by atomic mass is 10.1. The lowest BCUT2D eigenvalue weighted by molar-refractivity contribution is 1.15. The molecule has 1 aromatic carbocycles. The van der Waals surface area contributed by atoms with Gasteiger partial charge in [0.25, 0.3) is 0 Å². The number of fused-ring (bicyclic) bond motifs is 1. The Morgan fingerprint density at radius 2 is 2.12 bits per heavy atom. The number of allylic oxidation sites excluding steroid dienone is 2. The minimum atomic E-state index is 0.396. The third kappa shape index (κ3) is 2.00. The zero-order valence-corrected chi connectivity index (χ0v) is 9.88. The molecule has 0 fully saturated rings. The van der Waals surface area contributed by atoms with Crippen LogP contribution in [0.1, 0.15) is 18.2 Å². The van der Waals surface area contributed by atoms with E-state index in [0.29, 0.717) is 11.1 Å². The molecule has 2 rings (SSSR count). The maximum atomic E-state index is 8.80. The van der Waals surface area contributed by atoms with Gasteiger partial charge in [0.1, 0.15) is 0 Å². The Hall–Kier alpha value is -2.27. The van der Waals surface area contributed by atoms with Crippen LogP contribution in [0.4, 0.5) is 0 Å². The summed E-state index contributed by atoms with van der Waals surface area (Å²) in [6, 6.07) is 10.3. The van der Waals surface area contributed by atoms with Crippen molar-refractivity contribution in [1.29, 1.82) is 5.26 Å². The van der Waals surface area contributed by atoms with Crippen molar-refractivity contribution in [3.8, 4) is 6.07 Å². The molecule has 0 atom stereocenters. The second-order valence-corrected chi connectivity index (χ2v) is 4.03. The summed E-state index contributed by atoms with van der Waals surface area (Å²) < 4.78 is 0. The van der Waals surface area contributed by atoms with Crippen LogP contribution in [0, 0.1) is 11.3 Å². The van der Waals surface area contributed by atoms with Crippen molar-refractivity contribution in [3.63, 3.8) is 0 Å². The molecule has 0 unspecified atom stereocenters. The number of nitrogens with one attached hydrogen (secondary N) is 1. The fourth-order valence-corrected chi connectivity index (χ4v) is 1.79. The number of aryl methyl sites for hydroxylation is 1. The van der Waals surface area contributed by atoms with Crippen LogP contribution in [0.5, 0.6) is 0 Å². The van der Waals surface area contributed by atoms with Crippen LogP contribution in [0.2, 0.25) is 0 Å². The minimum Gasteiger partial charge on any atom is -0.355 e. The Morgan fingerprint density at radius 1 is 1.35 bits per heavy atom. The summed E-state index contributed by atoms with van der Waals surface area (Å²) in [6.07, 6.45) is 1.02. The molecule has 2 heteroatoms. The molecule has 0 spiro atoms. The van der Waals surface area contributed by atoms with Gasteiger partial charge in [0, 0.05) is 22.2 Å². The van der Waals surface area contributed by atoms with E-state index in [2.05, 4.69) is 43.3 Å². The van der Waals surface area contributed by atoms with Gasteiger partial charge in [-0.1, -0.05) is 26.1 Å². The number of H-pyrrole nitrogens is 1. The average Bonchev–Trinajstić information content (AvgIpc) is 2.79. The van der Waals surface area contributed by atoms with Crippen LogP contribution in [0.25, 0.3) is 16.5 Å². The number of nitriles is 1. The zero-order valence-electron chi connectivity index (χ0n) is 9.88. The highest BCUT2D eigenvalue weighted by Crippen LogP contribution is 2.24. The molecule has 0 amide bonds. The van der Waals surface area contributed by atoms with E-state index in [1.807, 2.05) is 12.1 Å². The number of rotatable bonds is 3. The predicted octanol–water partition coefficient (Wildman–Crippen LogP) is 3.82. The minimum absolute atomic E-state index is 0.396. The monoisotopic (exact) mass is 222 g/mol. The van der Waals surface area contributed by atoms with Crippen molar-refractivity contribution in [1.82, 2.24) is 4.98 Å². The van der Waals surface area contributed by atoms with E-state index in [1.54, 1.807) is 0 Å². The number of nitrogens with zero attached hydrogens (tertiary/aromatic N) is 1. The molecule has 2 aromatic rings. The van der Waals surface area contributed by atoms with Gasteiger partial charge >= 0.3 is 0 Å². The molecule has 1 N–H and O–H groups in total. The summed E-state index contributed by atoms with van der Waals surface area (Å²) in [6.45, 7) is 9.68. The van der Waals surface area contributed by atoms with Crippen LogP contribution in [0.3, 0.4) is 0 Å². The predicted molar refractivity (Wildman–Crippen MR) is 71.5 cm³/mol. The first kappa shape index (κ1) is 11.2. The van der Waals surface area contributed by atoms with Crippen LogP contribution in [0.15, 0.2) is 43.0 Å². The highest BCUT2D eigenvalue weighted by molar-refractivity contribution is 5.89. The van der Waals surface area contributed by atoms with Crippen molar-refractivity contribution in [2.75, 3.05) is 0 Å². The van der Waals surface area contributed by atoms with Crippen molar-refractivity contribution in [2.24, 2.45) is 0 Å². The molecular weight excluding hydrogens is 208 g/mol. The van der Waals surface area contributed by atoms with Crippen LogP contribution in [-0.4, -0.2) is 4.98 Å². The first-order valence-corrected chi connectivity index (χ1v) is 5.56. The Bertz CT molecular complexity index is 638. The summed E-state index contributed by atoms with van der Waals surface area (Å²) in [5.41, 5.74) is 4.27. The third-order valence-electron chi connectivity index (χ3n) is 2.92. The average molecular weight is 222 g/mol. The first-order chi connectivity index (χ1) is 8.15. The summed E-state index contributed by atoms with van der Waals surface area (Å²) in [5.74, 6) is 0. The quantitative estimate of drug-likeness (QED) is 0.622. The van der Waals surface area contributed by atoms with Crippen molar-refractivity contribution in [2.45, 2.75) is 13.3 Å². The van der Waals surface area contributed by atoms with Gasteiger partial charge in [0.2, 0.25) is 0 Å². The molecule has 2 nitrogen and oxygen atoms in total. The standard InChI is InChI=1S/C15H14N2/c1-4-12-5-6-14-13(7-12)8-15(17-14)11(3)10(2)9-16/h5-8,17H,2-4H2,1H3. The van der Waals surface area contributed by atoms with Gasteiger partial charge in [-0.2, -0.15) is 5.26 Å². The number of benzene rings is 1. The summed E-state index contributed by atoms with van der Waals surface area (Å²) in [4.78, 5) is 3.25. The van der Waals surface area contributed by atoms with E-state index in [0.717, 1.165) is 23.0 Å². The van der Waals surface area contributed by atoms with Gasteiger partial charge in [-0.05, 0) is 30.2 Å². The fourth-order valence-electron chi connectivity index (χ4n) is 1.79. The van der Waals surface area contributed by atoms with Gasteiger partial charge in [0.15, 0.2) is 0 Å². The van der Waals surface area contributed by atoms with E-state index in [9.17, 15) is 0 Å². The van der Waals surface area contributed by atoms with Crippen molar-refractivity contribution >= 4 is 16.5 Å². The normalized spacial score (nSPS) is 10.1. The Labute approximate surface area is 101 Å². The Kier molecular flexibility index (Phi) is 2.84. The van der Waals surface area contributed by atoms with E-state index >= 15 is 0 Å². The number of hydrogen-bond acceptors (Lipinski definition) is 1. The first-order valence-electron chi connectivity index (χ1n) is 5.56. The maximum absolute atomic E-state index is 8.80. The van der Waals surface area contributed by atoms with Crippen LogP contribution in [-0.2, 0) is 6.42 Å². The molecule has 17 heavy (non-hydrogen) atoms.